The molecule has 1 aliphatic heterocycles. The number of hydrogen-bond donors (Lipinski definition) is 0. The van der Waals surface area contributed by atoms with Gasteiger partial charge < -0.3 is 4.74 Å². The first-order valence-corrected chi connectivity index (χ1v) is 3.29. The summed E-state index contributed by atoms with van der Waals surface area (Å²) in [5, 5.41) is 10.3. The fourth-order valence-corrected chi connectivity index (χ4v) is 1.14. The van der Waals surface area contributed by atoms with Gasteiger partial charge in [-0.1, -0.05) is 0 Å². The average molecular weight is 159 g/mol. The summed E-state index contributed by atoms with van der Waals surface area (Å²) in [4.78, 5) is 20.5. The van der Waals surface area contributed by atoms with Crippen molar-refractivity contribution in [2.45, 2.75) is 31.9 Å². The fourth-order valence-electron chi connectivity index (χ4n) is 1.14. The Labute approximate surface area is 63.5 Å². The summed E-state index contributed by atoms with van der Waals surface area (Å²) in [7, 11) is 0. The molecule has 1 fully saturated rings. The number of ether oxygens (including phenoxy) is 1. The van der Waals surface area contributed by atoms with E-state index in [1.54, 1.807) is 13.8 Å². The van der Waals surface area contributed by atoms with Gasteiger partial charge in [-0.25, -0.2) is 0 Å². The number of esters is 1. The molecule has 0 aromatic carbocycles. The maximum atomic E-state index is 10.6. The monoisotopic (exact) mass is 159 g/mol. The van der Waals surface area contributed by atoms with E-state index in [-0.39, 0.29) is 6.42 Å². The Morgan fingerprint density at radius 3 is 2.45 bits per heavy atom. The number of carbonyl (C=O) groups excluding carboxylic acids is 1. The summed E-state index contributed by atoms with van der Waals surface area (Å²) >= 11 is 0. The molecule has 11 heavy (non-hydrogen) atoms. The fraction of sp³-hybridized carbons (Fsp3) is 0.833. The molecule has 0 amide bonds. The van der Waals surface area contributed by atoms with E-state index in [0.717, 1.165) is 0 Å². The second-order valence-corrected chi connectivity index (χ2v) is 3.08. The molecule has 1 unspecified atom stereocenters. The molecule has 0 radical (unpaired) electrons. The van der Waals surface area contributed by atoms with Crippen molar-refractivity contribution in [1.29, 1.82) is 0 Å². The maximum Gasteiger partial charge on any atom is 0.313 e. The van der Waals surface area contributed by atoms with E-state index in [1.807, 2.05) is 0 Å². The first kappa shape index (κ1) is 7.97. The molecule has 0 aliphatic carbocycles. The topological polar surface area (TPSA) is 69.4 Å². The van der Waals surface area contributed by atoms with Crippen LogP contribution in [0.2, 0.25) is 0 Å². The van der Waals surface area contributed by atoms with E-state index >= 15 is 0 Å². The Morgan fingerprint density at radius 2 is 2.27 bits per heavy atom. The van der Waals surface area contributed by atoms with Crippen LogP contribution in [0.3, 0.4) is 0 Å². The summed E-state index contributed by atoms with van der Waals surface area (Å²) in [6.45, 7) is 3.09. The van der Waals surface area contributed by atoms with Gasteiger partial charge in [0.1, 0.15) is 6.42 Å². The minimum Gasteiger partial charge on any atom is -0.452 e. The van der Waals surface area contributed by atoms with Crippen molar-refractivity contribution >= 4 is 5.97 Å². The van der Waals surface area contributed by atoms with Crippen LogP contribution in [-0.2, 0) is 9.53 Å². The lowest BCUT2D eigenvalue weighted by molar-refractivity contribution is -0.534. The highest BCUT2D eigenvalue weighted by molar-refractivity contribution is 5.73. The molecular weight excluding hydrogens is 150 g/mol. The van der Waals surface area contributed by atoms with Crippen molar-refractivity contribution in [2.75, 3.05) is 0 Å². The number of rotatable bonds is 1. The lowest BCUT2D eigenvalue weighted by Gasteiger charge is -2.17. The summed E-state index contributed by atoms with van der Waals surface area (Å²) < 4.78 is 4.74. The lowest BCUT2D eigenvalue weighted by Crippen LogP contribution is -2.37. The largest absolute Gasteiger partial charge is 0.452 e. The highest BCUT2D eigenvalue weighted by Gasteiger charge is 2.50. The van der Waals surface area contributed by atoms with E-state index in [0.29, 0.717) is 0 Å². The average Bonchev–Trinajstić information content (AvgIpc) is 2.04. The molecule has 0 aromatic heterocycles. The Balaban J connectivity index is 2.82. The Morgan fingerprint density at radius 1 is 1.73 bits per heavy atom. The zero-order valence-corrected chi connectivity index (χ0v) is 6.36. The van der Waals surface area contributed by atoms with Gasteiger partial charge in [-0.2, -0.15) is 0 Å². The summed E-state index contributed by atoms with van der Waals surface area (Å²) in [5.74, 6) is -0.489. The smallest absolute Gasteiger partial charge is 0.313 e. The van der Waals surface area contributed by atoms with Gasteiger partial charge in [-0.3, -0.25) is 14.9 Å². The quantitative estimate of drug-likeness (QED) is 0.314. The van der Waals surface area contributed by atoms with Crippen LogP contribution in [0, 0.1) is 10.1 Å². The Bertz CT molecular complexity index is 211. The molecule has 5 heteroatoms. The first-order valence-electron chi connectivity index (χ1n) is 3.29. The van der Waals surface area contributed by atoms with E-state index < -0.39 is 22.5 Å². The molecule has 5 nitrogen and oxygen atoms in total. The van der Waals surface area contributed by atoms with Crippen LogP contribution in [-0.4, -0.2) is 22.5 Å². The van der Waals surface area contributed by atoms with Crippen LogP contribution in [0.5, 0.6) is 0 Å². The summed E-state index contributed by atoms with van der Waals surface area (Å²) in [6, 6.07) is -0.894. The van der Waals surface area contributed by atoms with Crippen molar-refractivity contribution in [2.24, 2.45) is 0 Å². The number of nitrogens with zero attached hydrogens (tertiary/aromatic N) is 1. The number of nitro groups is 1. The number of carbonyl (C=O) groups is 1. The predicted molar refractivity (Wildman–Crippen MR) is 35.6 cm³/mol. The molecule has 1 rings (SSSR count). The van der Waals surface area contributed by atoms with Crippen LogP contribution in [0.25, 0.3) is 0 Å². The second-order valence-electron chi connectivity index (χ2n) is 3.08. The normalized spacial score (nSPS) is 28.2. The zero-order valence-electron chi connectivity index (χ0n) is 6.36. The third-order valence-electron chi connectivity index (χ3n) is 1.79. The van der Waals surface area contributed by atoms with Gasteiger partial charge in [-0.15, -0.1) is 0 Å². The lowest BCUT2D eigenvalue weighted by atomic mass is 10.0. The highest BCUT2D eigenvalue weighted by Crippen LogP contribution is 2.27. The second kappa shape index (κ2) is 2.18. The summed E-state index contributed by atoms with van der Waals surface area (Å²) in [6.07, 6.45) is -0.111. The SMILES string of the molecule is CC1(C)OC(=O)CC1[N+](=O)[O-]. The molecule has 0 spiro atoms. The van der Waals surface area contributed by atoms with Crippen LogP contribution in [0.15, 0.2) is 0 Å². The van der Waals surface area contributed by atoms with Crippen molar-refractivity contribution in [3.05, 3.63) is 10.1 Å². The Hall–Kier alpha value is -1.13. The zero-order chi connectivity index (χ0) is 8.65. The Kier molecular flexibility index (Phi) is 1.58. The molecule has 0 N–H and O–H groups in total. The number of cyclic esters (lactones) is 1. The van der Waals surface area contributed by atoms with E-state index in [9.17, 15) is 14.9 Å². The van der Waals surface area contributed by atoms with Gasteiger partial charge in [0.25, 0.3) is 6.04 Å². The van der Waals surface area contributed by atoms with Crippen LogP contribution in [0.4, 0.5) is 0 Å². The molecular formula is C6H9NO4. The van der Waals surface area contributed by atoms with E-state index in [2.05, 4.69) is 0 Å². The van der Waals surface area contributed by atoms with Gasteiger partial charge >= 0.3 is 5.97 Å². The maximum absolute atomic E-state index is 10.6. The van der Waals surface area contributed by atoms with Gasteiger partial charge in [0.05, 0.1) is 0 Å². The molecule has 1 aliphatic rings. The molecule has 1 atom stereocenters. The van der Waals surface area contributed by atoms with Crippen LogP contribution in [0.1, 0.15) is 20.3 Å². The molecule has 62 valence electrons. The molecule has 1 saturated heterocycles. The molecule has 0 bridgehead atoms. The molecule has 0 saturated carbocycles. The first-order chi connectivity index (χ1) is 4.93. The van der Waals surface area contributed by atoms with Gasteiger partial charge in [-0.05, 0) is 13.8 Å². The van der Waals surface area contributed by atoms with Gasteiger partial charge in [0.15, 0.2) is 5.60 Å². The molecule has 1 heterocycles. The minimum absolute atomic E-state index is 0.111. The van der Waals surface area contributed by atoms with Crippen molar-refractivity contribution < 1.29 is 14.5 Å². The standard InChI is InChI=1S/C6H9NO4/c1-6(2)4(7(9)10)3-5(8)11-6/h4H,3H2,1-2H3. The van der Waals surface area contributed by atoms with Gasteiger partial charge in [0, 0.05) is 4.92 Å². The van der Waals surface area contributed by atoms with Crippen molar-refractivity contribution in [1.82, 2.24) is 0 Å². The predicted octanol–water partition coefficient (Wildman–Crippen LogP) is 0.357. The summed E-state index contributed by atoms with van der Waals surface area (Å²) in [5.41, 5.74) is -0.944. The minimum atomic E-state index is -0.944. The van der Waals surface area contributed by atoms with Crippen LogP contribution < -0.4 is 0 Å². The van der Waals surface area contributed by atoms with Crippen molar-refractivity contribution in [3.8, 4) is 0 Å². The van der Waals surface area contributed by atoms with E-state index in [4.69, 9.17) is 4.74 Å². The van der Waals surface area contributed by atoms with E-state index in [1.165, 1.54) is 0 Å². The number of hydrogen-bond acceptors (Lipinski definition) is 4. The third-order valence-corrected chi connectivity index (χ3v) is 1.79. The van der Waals surface area contributed by atoms with Crippen molar-refractivity contribution in [3.63, 3.8) is 0 Å². The third kappa shape index (κ3) is 1.31. The van der Waals surface area contributed by atoms with Crippen LogP contribution >= 0.6 is 0 Å². The van der Waals surface area contributed by atoms with Gasteiger partial charge in [0.2, 0.25) is 0 Å². The highest BCUT2D eigenvalue weighted by atomic mass is 16.6. The molecule has 0 aromatic rings.